The van der Waals surface area contributed by atoms with Gasteiger partial charge in [0.25, 0.3) is 0 Å². The second-order valence-electron chi connectivity index (χ2n) is 6.22. The van der Waals surface area contributed by atoms with Crippen LogP contribution in [0.15, 0.2) is 48.5 Å². The molecule has 6 heteroatoms. The monoisotopic (exact) mass is 372 g/mol. The lowest BCUT2D eigenvalue weighted by Crippen LogP contribution is -2.14. The maximum absolute atomic E-state index is 13.6. The molecule has 1 aliphatic carbocycles. The summed E-state index contributed by atoms with van der Waals surface area (Å²) in [5.74, 6) is -8.34. The van der Waals surface area contributed by atoms with Gasteiger partial charge in [0.1, 0.15) is 0 Å². The molecule has 27 heavy (non-hydrogen) atoms. The highest BCUT2D eigenvalue weighted by atomic mass is 19.2. The molecule has 0 saturated heterocycles. The van der Waals surface area contributed by atoms with Crippen molar-refractivity contribution in [1.29, 1.82) is 0 Å². The maximum Gasteiger partial charge on any atom is 0.203 e. The fraction of sp³-hybridized carbons (Fsp3) is 0.0952. The van der Waals surface area contributed by atoms with Gasteiger partial charge in [-0.25, -0.2) is 8.78 Å². The highest BCUT2D eigenvalue weighted by molar-refractivity contribution is 5.99. The van der Waals surface area contributed by atoms with E-state index in [1.165, 1.54) is 0 Å². The van der Waals surface area contributed by atoms with Gasteiger partial charge in [0.2, 0.25) is 11.6 Å². The molecule has 3 aromatic rings. The number of ketones is 1. The van der Waals surface area contributed by atoms with Crippen LogP contribution in [0.3, 0.4) is 0 Å². The van der Waals surface area contributed by atoms with Crippen LogP contribution >= 0.6 is 0 Å². The quantitative estimate of drug-likeness (QED) is 0.284. The van der Waals surface area contributed by atoms with E-state index in [4.69, 9.17) is 4.74 Å². The second kappa shape index (κ2) is 6.54. The molecule has 0 N–H and O–H groups in total. The molecule has 0 aromatic heterocycles. The number of benzene rings is 3. The first kappa shape index (κ1) is 17.3. The van der Waals surface area contributed by atoms with Crippen molar-refractivity contribution in [1.82, 2.24) is 0 Å². The smallest absolute Gasteiger partial charge is 0.203 e. The van der Waals surface area contributed by atoms with Crippen LogP contribution in [-0.2, 0) is 6.42 Å². The van der Waals surface area contributed by atoms with Gasteiger partial charge in [-0.1, -0.05) is 36.4 Å². The Labute approximate surface area is 152 Å². The number of rotatable bonds is 4. The summed E-state index contributed by atoms with van der Waals surface area (Å²) in [6, 6.07) is 13.0. The lowest BCUT2D eigenvalue weighted by atomic mass is 10.0. The fourth-order valence-electron chi connectivity index (χ4n) is 3.20. The molecule has 0 fully saturated rings. The Balaban J connectivity index is 1.58. The molecule has 2 nitrogen and oxygen atoms in total. The van der Waals surface area contributed by atoms with Crippen molar-refractivity contribution >= 4 is 5.78 Å². The van der Waals surface area contributed by atoms with Crippen LogP contribution in [-0.4, -0.2) is 12.4 Å². The first-order valence-electron chi connectivity index (χ1n) is 8.16. The van der Waals surface area contributed by atoms with E-state index in [1.54, 1.807) is 12.1 Å². The SMILES string of the molecule is O=C(COc1c(F)c(F)cc(F)c1F)c1ccc2c(c1)-c1ccccc1C2. The molecule has 0 unspecified atom stereocenters. The van der Waals surface area contributed by atoms with Gasteiger partial charge >= 0.3 is 0 Å². The van der Waals surface area contributed by atoms with Gasteiger partial charge in [0.05, 0.1) is 0 Å². The number of hydrogen-bond acceptors (Lipinski definition) is 2. The second-order valence-corrected chi connectivity index (χ2v) is 6.22. The summed E-state index contributed by atoms with van der Waals surface area (Å²) in [6.45, 7) is -0.753. The molecule has 0 aliphatic heterocycles. The van der Waals surface area contributed by atoms with Crippen LogP contribution in [0.25, 0.3) is 11.1 Å². The van der Waals surface area contributed by atoms with Crippen molar-refractivity contribution in [3.05, 3.63) is 88.5 Å². The summed E-state index contributed by atoms with van der Waals surface area (Å²) >= 11 is 0. The number of ether oxygens (including phenoxy) is 1. The number of Topliss-reactive ketones (excluding diaryl/α,β-unsaturated/α-hetero) is 1. The van der Waals surface area contributed by atoms with Gasteiger partial charge in [0, 0.05) is 11.6 Å². The number of fused-ring (bicyclic) bond motifs is 3. The van der Waals surface area contributed by atoms with Crippen molar-refractivity contribution in [2.24, 2.45) is 0 Å². The number of hydrogen-bond donors (Lipinski definition) is 0. The van der Waals surface area contributed by atoms with Crippen molar-refractivity contribution in [3.63, 3.8) is 0 Å². The molecule has 0 radical (unpaired) electrons. The standard InChI is InChI=1S/C21H12F4O2/c22-16-9-17(23)20(25)21(19(16)24)27-10-18(26)13-6-5-12-7-11-3-1-2-4-14(11)15(12)8-13/h1-6,8-9H,7,10H2. The largest absolute Gasteiger partial charge is 0.479 e. The summed E-state index contributed by atoms with van der Waals surface area (Å²) in [6.07, 6.45) is 0.759. The van der Waals surface area contributed by atoms with Gasteiger partial charge in [0.15, 0.2) is 29.8 Å². The van der Waals surface area contributed by atoms with Crippen LogP contribution in [0.1, 0.15) is 21.5 Å². The normalized spacial score (nSPS) is 11.9. The number of carbonyl (C=O) groups is 1. The van der Waals surface area contributed by atoms with Crippen molar-refractivity contribution in [2.75, 3.05) is 6.61 Å². The average molecular weight is 372 g/mol. The zero-order valence-electron chi connectivity index (χ0n) is 13.9. The summed E-state index contributed by atoms with van der Waals surface area (Å²) in [7, 11) is 0. The highest BCUT2D eigenvalue weighted by Gasteiger charge is 2.23. The summed E-state index contributed by atoms with van der Waals surface area (Å²) < 4.78 is 58.4. The first-order valence-corrected chi connectivity index (χ1v) is 8.16. The molecule has 0 bridgehead atoms. The van der Waals surface area contributed by atoms with Crippen LogP contribution in [0.4, 0.5) is 17.6 Å². The van der Waals surface area contributed by atoms with E-state index in [2.05, 4.69) is 0 Å². The number of halogens is 4. The van der Waals surface area contributed by atoms with E-state index in [1.807, 2.05) is 30.3 Å². The molecule has 0 amide bonds. The Bertz CT molecular complexity index is 1050. The molecule has 136 valence electrons. The maximum atomic E-state index is 13.6. The minimum atomic E-state index is -1.68. The zero-order valence-corrected chi connectivity index (χ0v) is 13.9. The van der Waals surface area contributed by atoms with Crippen LogP contribution < -0.4 is 4.74 Å². The number of carbonyl (C=O) groups excluding carboxylic acids is 1. The van der Waals surface area contributed by atoms with E-state index in [0.717, 1.165) is 28.7 Å². The Hall–Kier alpha value is -3.15. The summed E-state index contributed by atoms with van der Waals surface area (Å²) in [4.78, 5) is 12.4. The molecule has 0 spiro atoms. The molecule has 0 atom stereocenters. The molecule has 0 heterocycles. The van der Waals surface area contributed by atoms with Gasteiger partial charge in [-0.3, -0.25) is 4.79 Å². The van der Waals surface area contributed by atoms with Gasteiger partial charge < -0.3 is 4.74 Å². The Morgan fingerprint density at radius 3 is 2.26 bits per heavy atom. The third-order valence-corrected chi connectivity index (χ3v) is 4.54. The molecule has 4 rings (SSSR count). The molecule has 3 aromatic carbocycles. The molecular weight excluding hydrogens is 360 g/mol. The third kappa shape index (κ3) is 2.97. The van der Waals surface area contributed by atoms with Gasteiger partial charge in [-0.2, -0.15) is 8.78 Å². The van der Waals surface area contributed by atoms with Crippen LogP contribution in [0.5, 0.6) is 5.75 Å². The first-order chi connectivity index (χ1) is 13.0. The Kier molecular flexibility index (Phi) is 4.18. The van der Waals surface area contributed by atoms with Crippen LogP contribution in [0, 0.1) is 23.3 Å². The molecule has 0 saturated carbocycles. The van der Waals surface area contributed by atoms with E-state index in [-0.39, 0.29) is 11.6 Å². The van der Waals surface area contributed by atoms with Gasteiger partial charge in [-0.15, -0.1) is 0 Å². The molecular formula is C21H12F4O2. The zero-order chi connectivity index (χ0) is 19.1. The van der Waals surface area contributed by atoms with Crippen LogP contribution in [0.2, 0.25) is 0 Å². The van der Waals surface area contributed by atoms with Crippen molar-refractivity contribution < 1.29 is 27.1 Å². The molecule has 1 aliphatic rings. The predicted molar refractivity (Wildman–Crippen MR) is 90.8 cm³/mol. The summed E-state index contributed by atoms with van der Waals surface area (Å²) in [5.41, 5.74) is 4.42. The van der Waals surface area contributed by atoms with Crippen molar-refractivity contribution in [3.8, 4) is 16.9 Å². The lowest BCUT2D eigenvalue weighted by Gasteiger charge is -2.10. The topological polar surface area (TPSA) is 26.3 Å². The van der Waals surface area contributed by atoms with E-state index < -0.39 is 41.4 Å². The Morgan fingerprint density at radius 2 is 1.52 bits per heavy atom. The third-order valence-electron chi connectivity index (χ3n) is 4.54. The average Bonchev–Trinajstić information content (AvgIpc) is 3.04. The predicted octanol–water partition coefficient (Wildman–Crippen LogP) is 5.08. The summed E-state index contributed by atoms with van der Waals surface area (Å²) in [5, 5.41) is 0. The van der Waals surface area contributed by atoms with Gasteiger partial charge in [-0.05, 0) is 34.7 Å². The van der Waals surface area contributed by atoms with Crippen molar-refractivity contribution in [2.45, 2.75) is 6.42 Å². The van der Waals surface area contributed by atoms with E-state index in [9.17, 15) is 22.4 Å². The fourth-order valence-corrected chi connectivity index (χ4v) is 3.20. The minimum Gasteiger partial charge on any atom is -0.479 e. The Morgan fingerprint density at radius 1 is 0.852 bits per heavy atom. The lowest BCUT2D eigenvalue weighted by molar-refractivity contribution is 0.0913. The minimum absolute atomic E-state index is 0.0806. The highest BCUT2D eigenvalue weighted by Crippen LogP contribution is 2.37. The van der Waals surface area contributed by atoms with E-state index in [0.29, 0.717) is 0 Å². The van der Waals surface area contributed by atoms with E-state index >= 15 is 0 Å².